The van der Waals surface area contributed by atoms with Crippen molar-refractivity contribution in [2.75, 3.05) is 12.9 Å². The Hall–Kier alpha value is -2.05. The molecule has 0 spiro atoms. The molecule has 0 aliphatic carbocycles. The zero-order valence-electron chi connectivity index (χ0n) is 16.4. The first-order chi connectivity index (χ1) is 13.1. The Morgan fingerprint density at radius 3 is 2.36 bits per heavy atom. The Bertz CT molecular complexity index is 908. The number of hydrogen-bond donors (Lipinski definition) is 1. The molecule has 0 bridgehead atoms. The van der Waals surface area contributed by atoms with Crippen molar-refractivity contribution in [1.82, 2.24) is 5.32 Å². The van der Waals surface area contributed by atoms with Crippen LogP contribution in [0.5, 0.6) is 5.75 Å². The molecule has 0 saturated heterocycles. The number of nitrogens with one attached hydrogen (secondary N) is 1. The molecule has 2 aromatic carbocycles. The number of ether oxygens (including phenoxy) is 1. The molecule has 7 heteroatoms. The predicted octanol–water partition coefficient (Wildman–Crippen LogP) is 4.04. The average molecular weight is 424 g/mol. The molecule has 0 aliphatic heterocycles. The molecular formula is C21H26ClNO4S. The van der Waals surface area contributed by atoms with Gasteiger partial charge < -0.3 is 10.1 Å². The van der Waals surface area contributed by atoms with Crippen molar-refractivity contribution in [1.29, 1.82) is 0 Å². The molecule has 0 heterocycles. The molecular weight excluding hydrogens is 398 g/mol. The van der Waals surface area contributed by atoms with Gasteiger partial charge in [-0.2, -0.15) is 0 Å². The normalized spacial score (nSPS) is 11.9. The lowest BCUT2D eigenvalue weighted by Crippen LogP contribution is -2.45. The van der Waals surface area contributed by atoms with Crippen molar-refractivity contribution >= 4 is 27.3 Å². The minimum atomic E-state index is -3.22. The smallest absolute Gasteiger partial charge is 0.220 e. The highest BCUT2D eigenvalue weighted by molar-refractivity contribution is 7.90. The Balaban J connectivity index is 1.75. The summed E-state index contributed by atoms with van der Waals surface area (Å²) in [7, 11) is -3.22. The number of sulfone groups is 1. The summed E-state index contributed by atoms with van der Waals surface area (Å²) in [5.74, 6) is 0.528. The number of hydrogen-bond acceptors (Lipinski definition) is 4. The van der Waals surface area contributed by atoms with Gasteiger partial charge in [0.05, 0.1) is 11.5 Å². The van der Waals surface area contributed by atoms with Crippen molar-refractivity contribution in [3.8, 4) is 5.75 Å². The zero-order chi connectivity index (χ0) is 20.8. The van der Waals surface area contributed by atoms with E-state index >= 15 is 0 Å². The fourth-order valence-electron chi connectivity index (χ4n) is 2.81. The van der Waals surface area contributed by atoms with Crippen LogP contribution in [-0.4, -0.2) is 32.7 Å². The van der Waals surface area contributed by atoms with E-state index in [1.54, 1.807) is 12.1 Å². The number of carbonyl (C=O) groups excluding carboxylic acids is 1. The molecule has 1 N–H and O–H groups in total. The fourth-order valence-corrected chi connectivity index (χ4v) is 3.64. The predicted molar refractivity (Wildman–Crippen MR) is 112 cm³/mol. The van der Waals surface area contributed by atoms with Gasteiger partial charge in [0.25, 0.3) is 0 Å². The highest BCUT2D eigenvalue weighted by atomic mass is 35.5. The third-order valence-electron chi connectivity index (χ3n) is 4.14. The highest BCUT2D eigenvalue weighted by Gasteiger charge is 2.21. The molecule has 1 amide bonds. The Morgan fingerprint density at radius 1 is 1.11 bits per heavy atom. The zero-order valence-corrected chi connectivity index (χ0v) is 17.9. The van der Waals surface area contributed by atoms with Crippen LogP contribution in [0.15, 0.2) is 53.4 Å². The van der Waals surface area contributed by atoms with Gasteiger partial charge in [0, 0.05) is 23.2 Å². The van der Waals surface area contributed by atoms with Gasteiger partial charge >= 0.3 is 0 Å². The number of benzene rings is 2. The largest absolute Gasteiger partial charge is 0.494 e. The van der Waals surface area contributed by atoms with E-state index in [2.05, 4.69) is 5.32 Å². The summed E-state index contributed by atoms with van der Waals surface area (Å²) in [6.45, 7) is 4.30. The third-order valence-corrected chi connectivity index (χ3v) is 5.63. The van der Waals surface area contributed by atoms with Gasteiger partial charge in [-0.25, -0.2) is 8.42 Å². The summed E-state index contributed by atoms with van der Waals surface area (Å²) in [5.41, 5.74) is 0.583. The van der Waals surface area contributed by atoms with Crippen LogP contribution in [0.4, 0.5) is 0 Å². The van der Waals surface area contributed by atoms with E-state index in [1.165, 1.54) is 12.1 Å². The Kier molecular flexibility index (Phi) is 7.49. The summed E-state index contributed by atoms with van der Waals surface area (Å²) in [6, 6.07) is 13.9. The molecule has 0 radical (unpaired) electrons. The Morgan fingerprint density at radius 2 is 1.75 bits per heavy atom. The SMILES string of the molecule is CC(C)(Cc1ccccc1Cl)NC(=O)CCCOc1ccc(S(C)(=O)=O)cc1. The minimum Gasteiger partial charge on any atom is -0.494 e. The van der Waals surface area contributed by atoms with E-state index in [9.17, 15) is 13.2 Å². The first kappa shape index (κ1) is 22.2. The van der Waals surface area contributed by atoms with Crippen LogP contribution in [0.2, 0.25) is 5.02 Å². The van der Waals surface area contributed by atoms with Crippen LogP contribution in [0.25, 0.3) is 0 Å². The van der Waals surface area contributed by atoms with Crippen LogP contribution >= 0.6 is 11.6 Å². The van der Waals surface area contributed by atoms with Crippen molar-refractivity contribution < 1.29 is 17.9 Å². The van der Waals surface area contributed by atoms with Crippen molar-refractivity contribution in [3.05, 3.63) is 59.1 Å². The molecule has 152 valence electrons. The number of amides is 1. The summed E-state index contributed by atoms with van der Waals surface area (Å²) in [4.78, 5) is 12.5. The van der Waals surface area contributed by atoms with E-state index in [1.807, 2.05) is 38.1 Å². The molecule has 2 rings (SSSR count). The van der Waals surface area contributed by atoms with Crippen LogP contribution in [0, 0.1) is 0 Å². The fraction of sp³-hybridized carbons (Fsp3) is 0.381. The van der Waals surface area contributed by atoms with Crippen LogP contribution in [0.3, 0.4) is 0 Å². The number of carbonyl (C=O) groups is 1. The standard InChI is InChI=1S/C21H26ClNO4S/c1-21(2,15-16-7-4-5-8-19(16)22)23-20(24)9-6-14-27-17-10-12-18(13-11-17)28(3,25)26/h4-5,7-8,10-13H,6,9,14-15H2,1-3H3,(H,23,24). The first-order valence-corrected chi connectivity index (χ1v) is 11.3. The van der Waals surface area contributed by atoms with Gasteiger partial charge in [-0.3, -0.25) is 4.79 Å². The molecule has 0 fully saturated rings. The van der Waals surface area contributed by atoms with Crippen LogP contribution < -0.4 is 10.1 Å². The van der Waals surface area contributed by atoms with E-state index in [0.717, 1.165) is 11.8 Å². The lowest BCUT2D eigenvalue weighted by molar-refractivity contribution is -0.122. The molecule has 0 unspecified atom stereocenters. The minimum absolute atomic E-state index is 0.0481. The van der Waals surface area contributed by atoms with E-state index < -0.39 is 15.4 Å². The molecule has 0 saturated carbocycles. The average Bonchev–Trinajstić information content (AvgIpc) is 2.60. The second-order valence-corrected chi connectivity index (χ2v) is 9.82. The van der Waals surface area contributed by atoms with Gasteiger partial charge in [-0.05, 0) is 62.6 Å². The molecule has 2 aromatic rings. The monoisotopic (exact) mass is 423 g/mol. The number of rotatable bonds is 9. The van der Waals surface area contributed by atoms with Crippen molar-refractivity contribution in [2.45, 2.75) is 43.5 Å². The van der Waals surface area contributed by atoms with Gasteiger partial charge in [0.1, 0.15) is 5.75 Å². The lowest BCUT2D eigenvalue weighted by atomic mass is 9.94. The van der Waals surface area contributed by atoms with Gasteiger partial charge in [0.15, 0.2) is 9.84 Å². The number of halogens is 1. The van der Waals surface area contributed by atoms with Gasteiger partial charge in [-0.1, -0.05) is 29.8 Å². The Labute approximate surface area is 172 Å². The van der Waals surface area contributed by atoms with Gasteiger partial charge in [-0.15, -0.1) is 0 Å². The quantitative estimate of drug-likeness (QED) is 0.618. The van der Waals surface area contributed by atoms with Gasteiger partial charge in [0.2, 0.25) is 5.91 Å². The summed E-state index contributed by atoms with van der Waals surface area (Å²) < 4.78 is 28.4. The maximum atomic E-state index is 12.2. The molecule has 28 heavy (non-hydrogen) atoms. The molecule has 0 aromatic heterocycles. The van der Waals surface area contributed by atoms with E-state index in [0.29, 0.717) is 36.6 Å². The maximum Gasteiger partial charge on any atom is 0.220 e. The van der Waals surface area contributed by atoms with E-state index in [4.69, 9.17) is 16.3 Å². The summed E-state index contributed by atoms with van der Waals surface area (Å²) >= 11 is 6.20. The second-order valence-electron chi connectivity index (χ2n) is 7.40. The lowest BCUT2D eigenvalue weighted by Gasteiger charge is -2.27. The molecule has 0 aliphatic rings. The van der Waals surface area contributed by atoms with Crippen LogP contribution in [0.1, 0.15) is 32.3 Å². The van der Waals surface area contributed by atoms with Crippen molar-refractivity contribution in [2.24, 2.45) is 0 Å². The summed E-state index contributed by atoms with van der Waals surface area (Å²) in [5, 5.41) is 3.73. The summed E-state index contributed by atoms with van der Waals surface area (Å²) in [6.07, 6.45) is 2.70. The topological polar surface area (TPSA) is 72.5 Å². The first-order valence-electron chi connectivity index (χ1n) is 9.04. The molecule has 5 nitrogen and oxygen atoms in total. The van der Waals surface area contributed by atoms with Crippen molar-refractivity contribution in [3.63, 3.8) is 0 Å². The van der Waals surface area contributed by atoms with E-state index in [-0.39, 0.29) is 10.8 Å². The third kappa shape index (κ3) is 7.17. The second kappa shape index (κ2) is 9.43. The maximum absolute atomic E-state index is 12.2. The molecule has 0 atom stereocenters. The van der Waals surface area contributed by atoms with Crippen LogP contribution in [-0.2, 0) is 21.1 Å². The highest BCUT2D eigenvalue weighted by Crippen LogP contribution is 2.21.